The minimum atomic E-state index is -4.01. The average Bonchev–Trinajstić information content (AvgIpc) is 3.87. The molecule has 1 saturated carbocycles. The minimum absolute atomic E-state index is 0.0362. The summed E-state index contributed by atoms with van der Waals surface area (Å²) in [6, 6.07) is 13.3. The highest BCUT2D eigenvalue weighted by atomic mass is 32.2. The molecule has 16 heteroatoms. The number of quaternary nitrogens is 1. The van der Waals surface area contributed by atoms with Gasteiger partial charge >= 0.3 is 0 Å². The van der Waals surface area contributed by atoms with Crippen molar-refractivity contribution in [2.75, 3.05) is 50.7 Å². The molecule has 14 nitrogen and oxygen atoms in total. The standard InChI is InChI=1S/C27H32N6O6S2.C5H14NO/c1-3-24(34)33-41(38,39)23-9-5-8-21(15-23)31-27-29-16-18(2)26(32-27)30-20-7-4-6-19(14-20)17-28-25(35)12-13-40(36,37)22-10-11-22;1-6(2,3)4-5-7/h4-9,14-16,22H,3,10-13,17H2,1-2H3,(H,28,35)(H,33,34)(H2,29,30,31,32);7H,4-5H2,1-3H3/q;+1. The number of carbonyl (C=O) groups excluding carboxylic acids is 2. The number of amides is 2. The number of aromatic nitrogens is 2. The fraction of sp³-hybridized carbons (Fsp3) is 0.438. The molecule has 1 heterocycles. The Bertz CT molecular complexity index is 1790. The van der Waals surface area contributed by atoms with Crippen molar-refractivity contribution in [3.63, 3.8) is 0 Å². The van der Waals surface area contributed by atoms with Crippen LogP contribution in [-0.4, -0.2) is 93.5 Å². The number of sulfonamides is 1. The van der Waals surface area contributed by atoms with E-state index < -0.39 is 25.8 Å². The molecule has 0 bridgehead atoms. The molecule has 2 amide bonds. The van der Waals surface area contributed by atoms with E-state index in [4.69, 9.17) is 5.11 Å². The van der Waals surface area contributed by atoms with Crippen LogP contribution in [0.15, 0.2) is 59.6 Å². The second-order valence-electron chi connectivity index (χ2n) is 12.4. The molecule has 0 aliphatic heterocycles. The van der Waals surface area contributed by atoms with Gasteiger partial charge in [-0.15, -0.1) is 0 Å². The molecule has 1 fully saturated rings. The van der Waals surface area contributed by atoms with Gasteiger partial charge in [0.2, 0.25) is 17.8 Å². The van der Waals surface area contributed by atoms with Gasteiger partial charge in [0.15, 0.2) is 9.84 Å². The molecule has 1 aliphatic carbocycles. The van der Waals surface area contributed by atoms with Crippen molar-refractivity contribution in [1.82, 2.24) is 20.0 Å². The Morgan fingerprint density at radius 2 is 1.62 bits per heavy atom. The number of benzene rings is 2. The van der Waals surface area contributed by atoms with Crippen molar-refractivity contribution >= 4 is 54.8 Å². The van der Waals surface area contributed by atoms with Gasteiger partial charge in [-0.2, -0.15) is 4.98 Å². The summed E-state index contributed by atoms with van der Waals surface area (Å²) in [5, 5.41) is 17.1. The third-order valence-electron chi connectivity index (χ3n) is 7.04. The number of aliphatic hydroxyl groups excluding tert-OH is 1. The van der Waals surface area contributed by atoms with E-state index in [1.807, 2.05) is 35.9 Å². The van der Waals surface area contributed by atoms with Crippen LogP contribution >= 0.6 is 0 Å². The molecule has 1 aromatic heterocycles. The fourth-order valence-corrected chi connectivity index (χ4v) is 6.85. The van der Waals surface area contributed by atoms with Crippen LogP contribution in [0.3, 0.4) is 0 Å². The van der Waals surface area contributed by atoms with Crippen molar-refractivity contribution in [2.24, 2.45) is 0 Å². The van der Waals surface area contributed by atoms with Crippen LogP contribution in [0.2, 0.25) is 0 Å². The number of rotatable bonds is 15. The van der Waals surface area contributed by atoms with Crippen LogP contribution in [0.5, 0.6) is 0 Å². The lowest BCUT2D eigenvalue weighted by Crippen LogP contribution is -2.36. The quantitative estimate of drug-likeness (QED) is 0.146. The molecule has 2 aromatic carbocycles. The number of sulfone groups is 1. The highest BCUT2D eigenvalue weighted by molar-refractivity contribution is 7.92. The summed E-state index contributed by atoms with van der Waals surface area (Å²) < 4.78 is 51.8. The van der Waals surface area contributed by atoms with Crippen LogP contribution in [0.25, 0.3) is 0 Å². The van der Waals surface area contributed by atoms with Crippen LogP contribution in [0, 0.1) is 6.92 Å². The van der Waals surface area contributed by atoms with Crippen molar-refractivity contribution in [3.8, 4) is 0 Å². The van der Waals surface area contributed by atoms with Crippen LogP contribution in [-0.2, 0) is 36.0 Å². The zero-order valence-electron chi connectivity index (χ0n) is 28.0. The van der Waals surface area contributed by atoms with E-state index in [2.05, 4.69) is 47.1 Å². The van der Waals surface area contributed by atoms with E-state index >= 15 is 0 Å². The third-order valence-corrected chi connectivity index (χ3v) is 10.7. The van der Waals surface area contributed by atoms with Crippen molar-refractivity contribution in [2.45, 2.75) is 56.2 Å². The smallest absolute Gasteiger partial charge is 0.264 e. The molecule has 0 saturated heterocycles. The third kappa shape index (κ3) is 12.8. The highest BCUT2D eigenvalue weighted by Gasteiger charge is 2.35. The first-order valence-corrected chi connectivity index (χ1v) is 18.7. The SMILES string of the molecule is CCC(=O)NS(=O)(=O)c1cccc(Nc2ncc(C)c(Nc3cccc(CNC(=O)CCS(=O)(=O)C4CC4)c3)n2)c1.C[N+](C)(C)CCO. The summed E-state index contributed by atoms with van der Waals surface area (Å²) >= 11 is 0. The van der Waals surface area contributed by atoms with E-state index in [1.165, 1.54) is 18.2 Å². The Hall–Kier alpha value is -4.12. The van der Waals surface area contributed by atoms with Gasteiger partial charge in [0.1, 0.15) is 12.4 Å². The summed E-state index contributed by atoms with van der Waals surface area (Å²) in [5.41, 5.74) is 2.69. The average molecular weight is 705 g/mol. The van der Waals surface area contributed by atoms with Crippen LogP contribution in [0.1, 0.15) is 43.7 Å². The molecule has 1 aliphatic rings. The zero-order valence-corrected chi connectivity index (χ0v) is 29.6. The van der Waals surface area contributed by atoms with E-state index in [0.29, 0.717) is 30.0 Å². The predicted octanol–water partition coefficient (Wildman–Crippen LogP) is 2.76. The molecule has 0 atom stereocenters. The highest BCUT2D eigenvalue weighted by Crippen LogP contribution is 2.29. The summed E-state index contributed by atoms with van der Waals surface area (Å²) in [4.78, 5) is 32.5. The normalized spacial score (nSPS) is 13.1. The first-order valence-electron chi connectivity index (χ1n) is 15.5. The van der Waals surface area contributed by atoms with Gasteiger partial charge in [0.25, 0.3) is 10.0 Å². The molecular weight excluding hydrogens is 659 g/mol. The molecule has 262 valence electrons. The molecule has 3 aromatic rings. The monoisotopic (exact) mass is 704 g/mol. The summed E-state index contributed by atoms with van der Waals surface area (Å²) in [5.74, 6) is -0.335. The van der Waals surface area contributed by atoms with E-state index in [9.17, 15) is 26.4 Å². The number of aryl methyl sites for hydroxylation is 1. The van der Waals surface area contributed by atoms with Crippen molar-refractivity contribution in [3.05, 3.63) is 65.9 Å². The van der Waals surface area contributed by atoms with Crippen molar-refractivity contribution < 1.29 is 36.0 Å². The van der Waals surface area contributed by atoms with Crippen LogP contribution in [0.4, 0.5) is 23.1 Å². The van der Waals surface area contributed by atoms with Gasteiger partial charge < -0.3 is 25.5 Å². The number of carbonyl (C=O) groups is 2. The number of nitrogens with zero attached hydrogens (tertiary/aromatic N) is 3. The molecule has 5 N–H and O–H groups in total. The van der Waals surface area contributed by atoms with E-state index in [0.717, 1.165) is 22.2 Å². The Labute approximate surface area is 282 Å². The lowest BCUT2D eigenvalue weighted by atomic mass is 10.2. The molecule has 48 heavy (non-hydrogen) atoms. The Balaban J connectivity index is 0.000000804. The Morgan fingerprint density at radius 1 is 0.958 bits per heavy atom. The Morgan fingerprint density at radius 3 is 2.23 bits per heavy atom. The largest absolute Gasteiger partial charge is 0.391 e. The first-order chi connectivity index (χ1) is 22.5. The van der Waals surface area contributed by atoms with Crippen molar-refractivity contribution in [1.29, 1.82) is 0 Å². The maximum atomic E-state index is 12.5. The van der Waals surface area contributed by atoms with Gasteiger partial charge in [-0.05, 0) is 55.7 Å². The maximum absolute atomic E-state index is 12.5. The second kappa shape index (κ2) is 16.8. The molecule has 0 unspecified atom stereocenters. The minimum Gasteiger partial charge on any atom is -0.391 e. The molecule has 0 radical (unpaired) electrons. The molecular formula is C32H46N7O7S2+. The summed E-state index contributed by atoms with van der Waals surface area (Å²) in [6.07, 6.45) is 2.96. The van der Waals surface area contributed by atoms with Crippen LogP contribution < -0.4 is 20.7 Å². The van der Waals surface area contributed by atoms with Gasteiger partial charge in [-0.25, -0.2) is 26.5 Å². The summed E-state index contributed by atoms with van der Waals surface area (Å²) in [7, 11) is -1.04. The van der Waals surface area contributed by atoms with Gasteiger partial charge in [0.05, 0.1) is 43.6 Å². The number of hydrogen-bond donors (Lipinski definition) is 5. The fourth-order valence-electron chi connectivity index (χ4n) is 4.09. The first kappa shape index (κ1) is 38.3. The van der Waals surface area contributed by atoms with Gasteiger partial charge in [0, 0.05) is 42.5 Å². The summed E-state index contributed by atoms with van der Waals surface area (Å²) in [6.45, 7) is 4.75. The second-order valence-corrected chi connectivity index (χ2v) is 16.5. The molecule has 0 spiro atoms. The van der Waals surface area contributed by atoms with Gasteiger partial charge in [-0.3, -0.25) is 9.59 Å². The topological polar surface area (TPSA) is 197 Å². The lowest BCUT2D eigenvalue weighted by Gasteiger charge is -2.21. The maximum Gasteiger partial charge on any atom is 0.264 e. The van der Waals surface area contributed by atoms with E-state index in [1.54, 1.807) is 19.2 Å². The number of nitrogens with one attached hydrogen (secondary N) is 4. The zero-order chi connectivity index (χ0) is 35.5. The van der Waals surface area contributed by atoms with Gasteiger partial charge in [-0.1, -0.05) is 25.1 Å². The Kier molecular flexibility index (Phi) is 13.4. The number of aliphatic hydroxyl groups is 1. The number of anilines is 4. The lowest BCUT2D eigenvalue weighted by molar-refractivity contribution is -0.870. The van der Waals surface area contributed by atoms with E-state index in [-0.39, 0.29) is 53.7 Å². The predicted molar refractivity (Wildman–Crippen MR) is 185 cm³/mol. The molecule has 4 rings (SSSR count). The number of hydrogen-bond acceptors (Lipinski definition) is 11. The number of likely N-dealkylation sites (N-methyl/N-ethyl adjacent to an activating group) is 1.